The van der Waals surface area contributed by atoms with Crippen molar-refractivity contribution in [1.29, 1.82) is 0 Å². The number of rotatable bonds is 10. The Morgan fingerprint density at radius 2 is 2.04 bits per heavy atom. The Kier molecular flexibility index (Phi) is 7.21. The number of nitrogens with zero attached hydrogens (tertiary/aromatic N) is 2. The lowest BCUT2D eigenvalue weighted by atomic mass is 9.84. The van der Waals surface area contributed by atoms with Gasteiger partial charge in [0, 0.05) is 18.8 Å². The average Bonchev–Trinajstić information content (AvgIpc) is 3.01. The van der Waals surface area contributed by atoms with E-state index in [2.05, 4.69) is 10.1 Å². The molecule has 1 heterocycles. The van der Waals surface area contributed by atoms with Crippen LogP contribution in [0.15, 0.2) is 4.52 Å². The van der Waals surface area contributed by atoms with Crippen molar-refractivity contribution in [3.05, 3.63) is 11.7 Å². The molecule has 0 bridgehead atoms. The summed E-state index contributed by atoms with van der Waals surface area (Å²) in [6.07, 6.45) is 9.95. The molecule has 24 heavy (non-hydrogen) atoms. The number of aromatic nitrogens is 2. The average molecular weight is 337 g/mol. The van der Waals surface area contributed by atoms with E-state index in [1.807, 2.05) is 0 Å². The second-order valence-corrected chi connectivity index (χ2v) is 6.74. The van der Waals surface area contributed by atoms with E-state index in [0.717, 1.165) is 25.2 Å². The van der Waals surface area contributed by atoms with E-state index in [0.29, 0.717) is 11.7 Å². The van der Waals surface area contributed by atoms with E-state index in [-0.39, 0.29) is 31.1 Å². The van der Waals surface area contributed by atoms with Crippen LogP contribution >= 0.6 is 0 Å². The van der Waals surface area contributed by atoms with Gasteiger partial charge in [-0.2, -0.15) is 4.98 Å². The van der Waals surface area contributed by atoms with Crippen LogP contribution in [0.2, 0.25) is 0 Å². The highest BCUT2D eigenvalue weighted by molar-refractivity contribution is 5.74. The summed E-state index contributed by atoms with van der Waals surface area (Å²) < 4.78 is 5.24. The number of amides is 1. The van der Waals surface area contributed by atoms with Crippen molar-refractivity contribution in [2.75, 3.05) is 0 Å². The first kappa shape index (κ1) is 18.4. The fraction of sp³-hybridized carbons (Fsp3) is 0.765. The molecule has 0 aliphatic heterocycles. The fourth-order valence-electron chi connectivity index (χ4n) is 3.44. The first-order chi connectivity index (χ1) is 11.5. The van der Waals surface area contributed by atoms with Gasteiger partial charge in [0.05, 0.1) is 6.42 Å². The summed E-state index contributed by atoms with van der Waals surface area (Å²) in [5.41, 5.74) is 5.34. The zero-order chi connectivity index (χ0) is 17.4. The number of nitrogens with two attached hydrogens (primary N) is 1. The Hall–Kier alpha value is -1.92. The smallest absolute Gasteiger partial charge is 0.303 e. The highest BCUT2D eigenvalue weighted by atomic mass is 16.5. The number of carboxylic acid groups (broad SMARTS) is 1. The molecule has 1 unspecified atom stereocenters. The number of hydrogen-bond donors (Lipinski definition) is 2. The van der Waals surface area contributed by atoms with Gasteiger partial charge >= 0.3 is 5.97 Å². The molecular weight excluding hydrogens is 310 g/mol. The first-order valence-corrected chi connectivity index (χ1v) is 8.87. The number of carbonyl (C=O) groups excluding carboxylic acids is 1. The van der Waals surface area contributed by atoms with Gasteiger partial charge in [0.25, 0.3) is 0 Å². The van der Waals surface area contributed by atoms with Gasteiger partial charge in [-0.3, -0.25) is 9.59 Å². The van der Waals surface area contributed by atoms with Crippen molar-refractivity contribution in [3.8, 4) is 0 Å². The molecule has 1 aliphatic carbocycles. The standard InChI is InChI=1S/C17H27N3O4/c18-14(21)11-13(8-4-7-12-5-2-1-3-6-12)17-19-15(20-24-17)9-10-16(22)23/h12-13H,1-11H2,(H2,18,21)(H,22,23). The van der Waals surface area contributed by atoms with Gasteiger partial charge in [0.2, 0.25) is 11.8 Å². The Morgan fingerprint density at radius 1 is 1.29 bits per heavy atom. The quantitative estimate of drug-likeness (QED) is 0.677. The van der Waals surface area contributed by atoms with Gasteiger partial charge < -0.3 is 15.4 Å². The topological polar surface area (TPSA) is 119 Å². The van der Waals surface area contributed by atoms with Crippen molar-refractivity contribution >= 4 is 11.9 Å². The van der Waals surface area contributed by atoms with E-state index >= 15 is 0 Å². The summed E-state index contributed by atoms with van der Waals surface area (Å²) in [4.78, 5) is 26.2. The lowest BCUT2D eigenvalue weighted by Gasteiger charge is -2.21. The van der Waals surface area contributed by atoms with Crippen LogP contribution in [0.4, 0.5) is 0 Å². The molecule has 1 saturated carbocycles. The molecule has 7 heteroatoms. The number of aryl methyl sites for hydroxylation is 1. The number of primary amides is 1. The van der Waals surface area contributed by atoms with E-state index in [9.17, 15) is 9.59 Å². The van der Waals surface area contributed by atoms with E-state index in [4.69, 9.17) is 15.4 Å². The Bertz CT molecular complexity index is 538. The SMILES string of the molecule is NC(=O)CC(CCCC1CCCCC1)c1nc(CCC(=O)O)no1. The maximum Gasteiger partial charge on any atom is 0.303 e. The largest absolute Gasteiger partial charge is 0.481 e. The van der Waals surface area contributed by atoms with E-state index < -0.39 is 5.97 Å². The molecule has 1 atom stereocenters. The predicted molar refractivity (Wildman–Crippen MR) is 87.2 cm³/mol. The Balaban J connectivity index is 1.87. The van der Waals surface area contributed by atoms with Gasteiger partial charge in [-0.05, 0) is 12.3 Å². The van der Waals surface area contributed by atoms with Gasteiger partial charge in [0.1, 0.15) is 0 Å². The maximum absolute atomic E-state index is 11.3. The summed E-state index contributed by atoms with van der Waals surface area (Å²) in [6, 6.07) is 0. The molecule has 134 valence electrons. The molecule has 1 amide bonds. The third-order valence-corrected chi connectivity index (χ3v) is 4.73. The molecular formula is C17H27N3O4. The van der Waals surface area contributed by atoms with Crippen molar-refractivity contribution in [3.63, 3.8) is 0 Å². The van der Waals surface area contributed by atoms with Crippen LogP contribution in [0, 0.1) is 5.92 Å². The van der Waals surface area contributed by atoms with Crippen LogP contribution in [0.5, 0.6) is 0 Å². The predicted octanol–water partition coefficient (Wildman–Crippen LogP) is 2.80. The van der Waals surface area contributed by atoms with Crippen LogP contribution in [0.25, 0.3) is 0 Å². The second kappa shape index (κ2) is 9.39. The summed E-state index contributed by atoms with van der Waals surface area (Å²) in [7, 11) is 0. The molecule has 1 aromatic rings. The van der Waals surface area contributed by atoms with Crippen LogP contribution in [-0.4, -0.2) is 27.1 Å². The van der Waals surface area contributed by atoms with Crippen LogP contribution in [-0.2, 0) is 16.0 Å². The number of carboxylic acids is 1. The zero-order valence-corrected chi connectivity index (χ0v) is 14.1. The zero-order valence-electron chi connectivity index (χ0n) is 14.1. The normalized spacial score (nSPS) is 16.8. The Morgan fingerprint density at radius 3 is 2.71 bits per heavy atom. The van der Waals surface area contributed by atoms with E-state index in [1.165, 1.54) is 32.1 Å². The summed E-state index contributed by atoms with van der Waals surface area (Å²) in [5.74, 6) is 0.108. The van der Waals surface area contributed by atoms with Crippen molar-refractivity contribution in [1.82, 2.24) is 10.1 Å². The summed E-state index contributed by atoms with van der Waals surface area (Å²) in [6.45, 7) is 0. The van der Waals surface area contributed by atoms with Gasteiger partial charge in [-0.1, -0.05) is 50.1 Å². The van der Waals surface area contributed by atoms with Crippen molar-refractivity contribution in [2.45, 2.75) is 76.5 Å². The third-order valence-electron chi connectivity index (χ3n) is 4.73. The minimum atomic E-state index is -0.900. The molecule has 0 radical (unpaired) electrons. The molecule has 7 nitrogen and oxygen atoms in total. The van der Waals surface area contributed by atoms with Crippen molar-refractivity contribution in [2.24, 2.45) is 11.7 Å². The highest BCUT2D eigenvalue weighted by Crippen LogP contribution is 2.30. The molecule has 1 fully saturated rings. The van der Waals surface area contributed by atoms with Gasteiger partial charge in [-0.15, -0.1) is 0 Å². The lowest BCUT2D eigenvalue weighted by Crippen LogP contribution is -2.16. The molecule has 3 N–H and O–H groups in total. The minimum absolute atomic E-state index is 0.0405. The number of aliphatic carboxylic acids is 1. The lowest BCUT2D eigenvalue weighted by molar-refractivity contribution is -0.137. The van der Waals surface area contributed by atoms with Crippen LogP contribution in [0.3, 0.4) is 0 Å². The second-order valence-electron chi connectivity index (χ2n) is 6.74. The minimum Gasteiger partial charge on any atom is -0.481 e. The molecule has 0 aromatic carbocycles. The molecule has 1 aromatic heterocycles. The summed E-state index contributed by atoms with van der Waals surface area (Å²) >= 11 is 0. The van der Waals surface area contributed by atoms with Crippen LogP contribution < -0.4 is 5.73 Å². The monoisotopic (exact) mass is 337 g/mol. The molecule has 1 aliphatic rings. The van der Waals surface area contributed by atoms with Gasteiger partial charge in [0.15, 0.2) is 5.82 Å². The fourth-order valence-corrected chi connectivity index (χ4v) is 3.44. The maximum atomic E-state index is 11.3. The first-order valence-electron chi connectivity index (χ1n) is 8.87. The van der Waals surface area contributed by atoms with E-state index in [1.54, 1.807) is 0 Å². The van der Waals surface area contributed by atoms with Gasteiger partial charge in [-0.25, -0.2) is 0 Å². The molecule has 2 rings (SSSR count). The molecule has 0 saturated heterocycles. The summed E-state index contributed by atoms with van der Waals surface area (Å²) in [5, 5.41) is 12.5. The number of hydrogen-bond acceptors (Lipinski definition) is 5. The van der Waals surface area contributed by atoms with Crippen LogP contribution in [0.1, 0.15) is 81.8 Å². The molecule has 0 spiro atoms. The highest BCUT2D eigenvalue weighted by Gasteiger charge is 2.22. The number of carbonyl (C=O) groups is 2. The Labute approximate surface area is 142 Å². The third kappa shape index (κ3) is 6.29. The van der Waals surface area contributed by atoms with Crippen molar-refractivity contribution < 1.29 is 19.2 Å².